The van der Waals surface area contributed by atoms with Crippen LogP contribution in [-0.4, -0.2) is 32.7 Å². The lowest BCUT2D eigenvalue weighted by Crippen LogP contribution is -2.08. The zero-order chi connectivity index (χ0) is 17.9. The fraction of sp³-hybridized carbons (Fsp3) is 0.133. The van der Waals surface area contributed by atoms with Crippen molar-refractivity contribution in [3.63, 3.8) is 0 Å². The van der Waals surface area contributed by atoms with Crippen molar-refractivity contribution in [3.8, 4) is 11.5 Å². The largest absolute Gasteiger partial charge is 0.465 e. The van der Waals surface area contributed by atoms with Gasteiger partial charge in [-0.25, -0.2) is 13.2 Å². The molecule has 0 aliphatic carbocycles. The van der Waals surface area contributed by atoms with Crippen molar-refractivity contribution in [2.75, 3.05) is 13.4 Å². The molecule has 0 spiro atoms. The van der Waals surface area contributed by atoms with Crippen molar-refractivity contribution >= 4 is 21.5 Å². The van der Waals surface area contributed by atoms with Crippen LogP contribution in [0.3, 0.4) is 0 Å². The third-order valence-corrected chi connectivity index (χ3v) is 4.12. The molecule has 0 heterocycles. The summed E-state index contributed by atoms with van der Waals surface area (Å²) in [5.41, 5.74) is -0.910. The van der Waals surface area contributed by atoms with Crippen LogP contribution in [0.25, 0.3) is 0 Å². The number of nitro benzene ring substituents is 1. The van der Waals surface area contributed by atoms with Crippen LogP contribution in [-0.2, 0) is 14.6 Å². The number of benzene rings is 2. The van der Waals surface area contributed by atoms with E-state index >= 15 is 0 Å². The molecule has 0 saturated heterocycles. The number of carbonyl (C=O) groups is 1. The van der Waals surface area contributed by atoms with E-state index in [0.29, 0.717) is 0 Å². The van der Waals surface area contributed by atoms with Gasteiger partial charge in [0.2, 0.25) is 5.75 Å². The van der Waals surface area contributed by atoms with Crippen LogP contribution < -0.4 is 4.74 Å². The SMILES string of the molecule is COC(=O)c1cc([N+](=O)[O-])c(Oc2ccccc2)c(S(C)(=O)=O)c1. The summed E-state index contributed by atoms with van der Waals surface area (Å²) in [6.07, 6.45) is 0.866. The maximum absolute atomic E-state index is 12.0. The van der Waals surface area contributed by atoms with Gasteiger partial charge >= 0.3 is 11.7 Å². The molecule has 0 amide bonds. The summed E-state index contributed by atoms with van der Waals surface area (Å²) in [4.78, 5) is 21.7. The first kappa shape index (κ1) is 17.4. The highest BCUT2D eigenvalue weighted by atomic mass is 32.2. The lowest BCUT2D eigenvalue weighted by molar-refractivity contribution is -0.385. The van der Waals surface area contributed by atoms with Crippen molar-refractivity contribution < 1.29 is 27.6 Å². The first-order valence-corrected chi connectivity index (χ1v) is 8.47. The highest BCUT2D eigenvalue weighted by Crippen LogP contribution is 2.38. The molecule has 24 heavy (non-hydrogen) atoms. The normalized spacial score (nSPS) is 10.9. The Labute approximate surface area is 137 Å². The Hall–Kier alpha value is -2.94. The van der Waals surface area contributed by atoms with Gasteiger partial charge in [-0.15, -0.1) is 0 Å². The van der Waals surface area contributed by atoms with Crippen molar-refractivity contribution in [3.05, 3.63) is 58.1 Å². The minimum Gasteiger partial charge on any atom is -0.465 e. The number of rotatable bonds is 5. The summed E-state index contributed by atoms with van der Waals surface area (Å²) in [7, 11) is -2.83. The topological polar surface area (TPSA) is 113 Å². The molecule has 0 saturated carbocycles. The van der Waals surface area contributed by atoms with Gasteiger partial charge < -0.3 is 9.47 Å². The molecule has 2 aromatic carbocycles. The molecular formula is C15H13NO7S. The molecule has 8 nitrogen and oxygen atoms in total. The van der Waals surface area contributed by atoms with E-state index in [1.54, 1.807) is 18.2 Å². The molecule has 126 valence electrons. The number of para-hydroxylation sites is 1. The number of hydrogen-bond donors (Lipinski definition) is 0. The minimum atomic E-state index is -3.91. The second kappa shape index (κ2) is 6.67. The van der Waals surface area contributed by atoms with Crippen LogP contribution in [0.1, 0.15) is 10.4 Å². The molecule has 0 aliphatic rings. The fourth-order valence-electron chi connectivity index (χ4n) is 1.94. The number of methoxy groups -OCH3 is 1. The van der Waals surface area contributed by atoms with Gasteiger partial charge in [-0.05, 0) is 18.2 Å². The second-order valence-corrected chi connectivity index (χ2v) is 6.74. The number of carbonyl (C=O) groups excluding carboxylic acids is 1. The van der Waals surface area contributed by atoms with E-state index in [-0.39, 0.29) is 11.3 Å². The average Bonchev–Trinajstić information content (AvgIpc) is 2.53. The number of nitro groups is 1. The first-order chi connectivity index (χ1) is 11.2. The molecule has 2 aromatic rings. The predicted octanol–water partition coefficient (Wildman–Crippen LogP) is 2.58. The van der Waals surface area contributed by atoms with Crippen LogP contribution in [0, 0.1) is 10.1 Å². The maximum Gasteiger partial charge on any atom is 0.338 e. The number of nitrogens with zero attached hydrogens (tertiary/aromatic N) is 1. The average molecular weight is 351 g/mol. The molecular weight excluding hydrogens is 338 g/mol. The van der Waals surface area contributed by atoms with Crippen LogP contribution in [0.4, 0.5) is 5.69 Å². The highest BCUT2D eigenvalue weighted by Gasteiger charge is 2.29. The lowest BCUT2D eigenvalue weighted by atomic mass is 10.2. The van der Waals surface area contributed by atoms with Gasteiger partial charge in [0.15, 0.2) is 9.84 Å². The van der Waals surface area contributed by atoms with Crippen LogP contribution in [0.5, 0.6) is 11.5 Å². The molecule has 0 aromatic heterocycles. The van der Waals surface area contributed by atoms with Gasteiger partial charge in [-0.2, -0.15) is 0 Å². The Morgan fingerprint density at radius 3 is 2.29 bits per heavy atom. The molecule has 0 fully saturated rings. The number of esters is 1. The van der Waals surface area contributed by atoms with E-state index in [9.17, 15) is 23.3 Å². The first-order valence-electron chi connectivity index (χ1n) is 6.57. The molecule has 0 radical (unpaired) electrons. The van der Waals surface area contributed by atoms with Gasteiger partial charge in [0.1, 0.15) is 10.6 Å². The third-order valence-electron chi connectivity index (χ3n) is 3.02. The molecule has 0 bridgehead atoms. The zero-order valence-corrected chi connectivity index (χ0v) is 13.6. The highest BCUT2D eigenvalue weighted by molar-refractivity contribution is 7.90. The summed E-state index contributed by atoms with van der Waals surface area (Å²) >= 11 is 0. The van der Waals surface area contributed by atoms with Gasteiger partial charge in [0, 0.05) is 12.3 Å². The van der Waals surface area contributed by atoms with Crippen LogP contribution in [0.15, 0.2) is 47.4 Å². The quantitative estimate of drug-likeness (QED) is 0.462. The lowest BCUT2D eigenvalue weighted by Gasteiger charge is -2.12. The van der Waals surface area contributed by atoms with Crippen molar-refractivity contribution in [1.29, 1.82) is 0 Å². The second-order valence-electron chi connectivity index (χ2n) is 4.76. The standard InChI is InChI=1S/C15H13NO7S/c1-22-15(17)10-8-12(16(18)19)14(13(9-10)24(2,20)21)23-11-6-4-3-5-7-11/h3-9H,1-2H3. The van der Waals surface area contributed by atoms with Gasteiger partial charge in [-0.3, -0.25) is 10.1 Å². The number of ether oxygens (including phenoxy) is 2. The van der Waals surface area contributed by atoms with Crippen LogP contribution >= 0.6 is 0 Å². The van der Waals surface area contributed by atoms with E-state index in [0.717, 1.165) is 25.5 Å². The van der Waals surface area contributed by atoms with E-state index in [1.165, 1.54) is 12.1 Å². The zero-order valence-electron chi connectivity index (χ0n) is 12.8. The molecule has 2 rings (SSSR count). The minimum absolute atomic E-state index is 0.219. The van der Waals surface area contributed by atoms with Crippen molar-refractivity contribution in [1.82, 2.24) is 0 Å². The molecule has 9 heteroatoms. The van der Waals surface area contributed by atoms with Gasteiger partial charge in [0.05, 0.1) is 17.6 Å². The van der Waals surface area contributed by atoms with Crippen molar-refractivity contribution in [2.24, 2.45) is 0 Å². The summed E-state index contributed by atoms with van der Waals surface area (Å²) in [6.45, 7) is 0. The van der Waals surface area contributed by atoms with Gasteiger partial charge in [-0.1, -0.05) is 18.2 Å². The Morgan fingerprint density at radius 1 is 1.17 bits per heavy atom. The Morgan fingerprint density at radius 2 is 1.79 bits per heavy atom. The smallest absolute Gasteiger partial charge is 0.338 e. The third kappa shape index (κ3) is 3.69. The van der Waals surface area contributed by atoms with Gasteiger partial charge in [0.25, 0.3) is 0 Å². The van der Waals surface area contributed by atoms with Crippen LogP contribution in [0.2, 0.25) is 0 Å². The summed E-state index contributed by atoms with van der Waals surface area (Å²) in [6, 6.07) is 9.91. The van der Waals surface area contributed by atoms with E-state index in [1.807, 2.05) is 0 Å². The molecule has 0 atom stereocenters. The van der Waals surface area contributed by atoms with E-state index < -0.39 is 37.1 Å². The molecule has 0 aliphatic heterocycles. The predicted molar refractivity (Wildman–Crippen MR) is 84.1 cm³/mol. The Balaban J connectivity index is 2.74. The van der Waals surface area contributed by atoms with E-state index in [2.05, 4.69) is 4.74 Å². The van der Waals surface area contributed by atoms with E-state index in [4.69, 9.17) is 4.74 Å². The van der Waals surface area contributed by atoms with Crippen molar-refractivity contribution in [2.45, 2.75) is 4.90 Å². The fourth-order valence-corrected chi connectivity index (χ4v) is 2.77. The number of sulfone groups is 1. The maximum atomic E-state index is 12.0. The molecule has 0 N–H and O–H groups in total. The summed E-state index contributed by atoms with van der Waals surface area (Å²) in [5, 5.41) is 11.3. The number of hydrogen-bond acceptors (Lipinski definition) is 7. The Kier molecular flexibility index (Phi) is 4.84. The summed E-state index contributed by atoms with van der Waals surface area (Å²) < 4.78 is 34.0. The monoisotopic (exact) mass is 351 g/mol. The Bertz CT molecular complexity index is 892. The molecule has 0 unspecified atom stereocenters. The summed E-state index contributed by atoms with van der Waals surface area (Å²) in [5.74, 6) is -1.13.